The summed E-state index contributed by atoms with van der Waals surface area (Å²) >= 11 is 1.25. The molecule has 3 aromatic carbocycles. The first-order valence-corrected chi connectivity index (χ1v) is 9.88. The normalized spacial score (nSPS) is 11.9. The highest BCUT2D eigenvalue weighted by molar-refractivity contribution is 7.09. The number of aryl methyl sites for hydroxylation is 1. The molecule has 1 atom stereocenters. The van der Waals surface area contributed by atoms with Gasteiger partial charge in [0.2, 0.25) is 0 Å². The van der Waals surface area contributed by atoms with Crippen LogP contribution in [0.4, 0.5) is 0 Å². The number of rotatable bonds is 5. The third kappa shape index (κ3) is 3.60. The summed E-state index contributed by atoms with van der Waals surface area (Å²) in [6.07, 6.45) is 0. The van der Waals surface area contributed by atoms with E-state index in [2.05, 4.69) is 4.98 Å². The van der Waals surface area contributed by atoms with E-state index in [-0.39, 0.29) is 0 Å². The van der Waals surface area contributed by atoms with Crippen molar-refractivity contribution in [1.29, 1.82) is 5.26 Å². The minimum absolute atomic E-state index is 0.418. The third-order valence-corrected chi connectivity index (χ3v) is 5.68. The van der Waals surface area contributed by atoms with Crippen LogP contribution in [0.2, 0.25) is 0 Å². The minimum Gasteiger partial charge on any atom is -0.454 e. The number of ketones is 1. The van der Waals surface area contributed by atoms with Gasteiger partial charge in [0, 0.05) is 11.1 Å². The van der Waals surface area contributed by atoms with Crippen LogP contribution in [0, 0.1) is 18.3 Å². The Bertz CT molecular complexity index is 1230. The van der Waals surface area contributed by atoms with E-state index in [1.165, 1.54) is 11.3 Å². The van der Waals surface area contributed by atoms with Crippen molar-refractivity contribution in [3.8, 4) is 6.07 Å². The number of ether oxygens (including phenoxy) is 1. The summed E-state index contributed by atoms with van der Waals surface area (Å²) in [5.74, 6) is -2.11. The highest BCUT2D eigenvalue weighted by Crippen LogP contribution is 2.29. The first kappa shape index (κ1) is 18.8. The molecule has 0 amide bonds. The first-order chi connectivity index (χ1) is 14.1. The van der Waals surface area contributed by atoms with Crippen LogP contribution >= 0.6 is 11.3 Å². The molecule has 1 aromatic heterocycles. The molecule has 5 nitrogen and oxygen atoms in total. The molecule has 4 rings (SSSR count). The fraction of sp³-hybridized carbons (Fsp3) is 0.130. The molecule has 1 heterocycles. The van der Waals surface area contributed by atoms with Crippen LogP contribution in [0.25, 0.3) is 21.5 Å². The number of hydrogen-bond acceptors (Lipinski definition) is 6. The maximum absolute atomic E-state index is 13.0. The molecule has 6 heteroatoms. The van der Waals surface area contributed by atoms with Crippen LogP contribution in [0.5, 0.6) is 0 Å². The molecule has 0 saturated heterocycles. The van der Waals surface area contributed by atoms with E-state index in [0.717, 1.165) is 27.2 Å². The van der Waals surface area contributed by atoms with E-state index in [1.54, 1.807) is 12.3 Å². The van der Waals surface area contributed by atoms with Crippen LogP contribution in [-0.4, -0.2) is 23.3 Å². The van der Waals surface area contributed by atoms with Gasteiger partial charge in [-0.2, -0.15) is 5.26 Å². The largest absolute Gasteiger partial charge is 0.454 e. The van der Waals surface area contributed by atoms with E-state index < -0.39 is 24.3 Å². The van der Waals surface area contributed by atoms with Gasteiger partial charge in [-0.3, -0.25) is 4.79 Å². The Morgan fingerprint density at radius 2 is 1.72 bits per heavy atom. The molecule has 1 unspecified atom stereocenters. The summed E-state index contributed by atoms with van der Waals surface area (Å²) in [5.41, 5.74) is 1.17. The van der Waals surface area contributed by atoms with Crippen LogP contribution in [0.3, 0.4) is 0 Å². The SMILES string of the molecule is Cc1csc(C(C#N)C(=O)COC(=O)c2c3ccccc3cc3ccccc23)n1. The molecular weight excluding hydrogens is 384 g/mol. The average molecular weight is 400 g/mol. The molecular formula is C23H16N2O3S. The zero-order valence-electron chi connectivity index (χ0n) is 15.6. The summed E-state index contributed by atoms with van der Waals surface area (Å²) < 4.78 is 5.35. The smallest absolute Gasteiger partial charge is 0.339 e. The summed E-state index contributed by atoms with van der Waals surface area (Å²) in [6, 6.07) is 19.1. The van der Waals surface area contributed by atoms with E-state index in [9.17, 15) is 14.9 Å². The van der Waals surface area contributed by atoms with Gasteiger partial charge in [-0.15, -0.1) is 11.3 Å². The fourth-order valence-electron chi connectivity index (χ4n) is 3.30. The Morgan fingerprint density at radius 3 is 2.28 bits per heavy atom. The molecule has 0 aliphatic rings. The standard InChI is InChI=1S/C23H16N2O3S/c1-14-13-29-22(25-14)19(11-24)20(26)12-28-23(27)21-17-8-4-2-6-15(17)10-16-7-3-5-9-18(16)21/h2-10,13,19H,12H2,1H3. The van der Waals surface area contributed by atoms with Crippen LogP contribution in [0.1, 0.15) is 27.0 Å². The highest BCUT2D eigenvalue weighted by atomic mass is 32.1. The first-order valence-electron chi connectivity index (χ1n) is 9.00. The molecule has 142 valence electrons. The second kappa shape index (κ2) is 7.82. The number of esters is 1. The molecule has 0 aliphatic heterocycles. The van der Waals surface area contributed by atoms with Gasteiger partial charge in [0.1, 0.15) is 5.01 Å². The predicted molar refractivity (Wildman–Crippen MR) is 112 cm³/mol. The summed E-state index contributed by atoms with van der Waals surface area (Å²) in [7, 11) is 0. The Balaban J connectivity index is 1.64. The van der Waals surface area contributed by atoms with Crippen molar-refractivity contribution in [3.63, 3.8) is 0 Å². The molecule has 0 aliphatic carbocycles. The number of benzene rings is 3. The zero-order valence-corrected chi connectivity index (χ0v) is 16.4. The second-order valence-corrected chi connectivity index (χ2v) is 7.52. The van der Waals surface area contributed by atoms with Crippen molar-refractivity contribution in [3.05, 3.63) is 76.2 Å². The van der Waals surface area contributed by atoms with Crippen LogP contribution < -0.4 is 0 Å². The second-order valence-electron chi connectivity index (χ2n) is 6.63. The topological polar surface area (TPSA) is 80.0 Å². The maximum atomic E-state index is 13.0. The monoisotopic (exact) mass is 400 g/mol. The van der Waals surface area contributed by atoms with Crippen LogP contribution in [0.15, 0.2) is 60.0 Å². The van der Waals surface area contributed by atoms with E-state index >= 15 is 0 Å². The van der Waals surface area contributed by atoms with Crippen molar-refractivity contribution in [2.24, 2.45) is 0 Å². The lowest BCUT2D eigenvalue weighted by Gasteiger charge is -2.12. The van der Waals surface area contributed by atoms with Crippen molar-refractivity contribution in [2.45, 2.75) is 12.8 Å². The van der Waals surface area contributed by atoms with Gasteiger partial charge in [-0.05, 0) is 34.5 Å². The molecule has 4 aromatic rings. The number of Topliss-reactive ketones (excluding diaryl/α,β-unsaturated/α-hetero) is 1. The van der Waals surface area contributed by atoms with Crippen molar-refractivity contribution in [1.82, 2.24) is 4.98 Å². The summed E-state index contributed by atoms with van der Waals surface area (Å²) in [5, 5.41) is 14.9. The number of hydrogen-bond donors (Lipinski definition) is 0. The summed E-state index contributed by atoms with van der Waals surface area (Å²) in [4.78, 5) is 29.7. The van der Waals surface area contributed by atoms with Gasteiger partial charge in [-0.25, -0.2) is 9.78 Å². The quantitative estimate of drug-likeness (QED) is 0.355. The average Bonchev–Trinajstić information content (AvgIpc) is 3.16. The van der Waals surface area contributed by atoms with Gasteiger partial charge in [0.25, 0.3) is 0 Å². The predicted octanol–water partition coefficient (Wildman–Crippen LogP) is 4.79. The lowest BCUT2D eigenvalue weighted by molar-refractivity contribution is -0.122. The Kier molecular flexibility index (Phi) is 5.07. The number of thiazole rings is 1. The number of carbonyl (C=O) groups excluding carboxylic acids is 2. The van der Waals surface area contributed by atoms with Gasteiger partial charge in [-0.1, -0.05) is 48.5 Å². The van der Waals surface area contributed by atoms with Crippen molar-refractivity contribution in [2.75, 3.05) is 6.61 Å². The number of aromatic nitrogens is 1. The lowest BCUT2D eigenvalue weighted by atomic mass is 9.97. The number of fused-ring (bicyclic) bond motifs is 2. The fourth-order valence-corrected chi connectivity index (χ4v) is 4.16. The van der Waals surface area contributed by atoms with Gasteiger partial charge < -0.3 is 4.74 Å². The number of nitrogens with zero attached hydrogens (tertiary/aromatic N) is 2. The Hall–Kier alpha value is -3.56. The third-order valence-electron chi connectivity index (χ3n) is 4.66. The molecule has 0 radical (unpaired) electrons. The van der Waals surface area contributed by atoms with Gasteiger partial charge in [0.15, 0.2) is 18.3 Å². The highest BCUT2D eigenvalue weighted by Gasteiger charge is 2.25. The Labute approximate surface area is 171 Å². The zero-order chi connectivity index (χ0) is 20.4. The summed E-state index contributed by atoms with van der Waals surface area (Å²) in [6.45, 7) is 1.32. The molecule has 0 bridgehead atoms. The molecule has 0 saturated carbocycles. The van der Waals surface area contributed by atoms with Crippen LogP contribution in [-0.2, 0) is 9.53 Å². The molecule has 0 N–H and O–H groups in total. The molecule has 0 spiro atoms. The minimum atomic E-state index is -1.04. The van der Waals surface area contributed by atoms with E-state index in [0.29, 0.717) is 10.6 Å². The maximum Gasteiger partial charge on any atom is 0.339 e. The number of carbonyl (C=O) groups is 2. The van der Waals surface area contributed by atoms with E-state index in [4.69, 9.17) is 4.74 Å². The molecule has 29 heavy (non-hydrogen) atoms. The van der Waals surface area contributed by atoms with Gasteiger partial charge in [0.05, 0.1) is 11.6 Å². The number of nitriles is 1. The molecule has 0 fully saturated rings. The van der Waals surface area contributed by atoms with Crippen molar-refractivity contribution >= 4 is 44.6 Å². The Morgan fingerprint density at radius 1 is 1.10 bits per heavy atom. The van der Waals surface area contributed by atoms with Gasteiger partial charge >= 0.3 is 5.97 Å². The van der Waals surface area contributed by atoms with E-state index in [1.807, 2.05) is 60.7 Å². The lowest BCUT2D eigenvalue weighted by Crippen LogP contribution is -2.20. The van der Waals surface area contributed by atoms with Crippen molar-refractivity contribution < 1.29 is 14.3 Å².